The van der Waals surface area contributed by atoms with Crippen LogP contribution >= 0.6 is 9.24 Å². The van der Waals surface area contributed by atoms with Crippen LogP contribution in [0.15, 0.2) is 0 Å². The van der Waals surface area contributed by atoms with Gasteiger partial charge >= 0.3 is 0 Å². The summed E-state index contributed by atoms with van der Waals surface area (Å²) in [5.41, 5.74) is 0. The second kappa shape index (κ2) is 13.1. The van der Waals surface area contributed by atoms with Gasteiger partial charge in [-0.25, -0.2) is 0 Å². The Balaban J connectivity index is 3.01. The van der Waals surface area contributed by atoms with Crippen LogP contribution in [0, 0.1) is 0 Å². The highest BCUT2D eigenvalue weighted by molar-refractivity contribution is 7.16. The summed E-state index contributed by atoms with van der Waals surface area (Å²) >= 11 is 0. The molecule has 3 heteroatoms. The predicted molar refractivity (Wildman–Crippen MR) is 72.8 cm³/mol. The number of aliphatic hydroxyl groups excluding tert-OH is 1. The smallest absolute Gasteiger partial charge is 0.135 e. The highest BCUT2D eigenvalue weighted by Crippen LogP contribution is 2.10. The van der Waals surface area contributed by atoms with Crippen molar-refractivity contribution in [2.45, 2.75) is 64.2 Å². The van der Waals surface area contributed by atoms with Crippen LogP contribution in [0.25, 0.3) is 0 Å². The molecule has 0 aromatic heterocycles. The van der Waals surface area contributed by atoms with E-state index in [0.29, 0.717) is 12.8 Å². The van der Waals surface area contributed by atoms with Crippen molar-refractivity contribution in [3.05, 3.63) is 0 Å². The van der Waals surface area contributed by atoms with Gasteiger partial charge in [0.2, 0.25) is 0 Å². The number of aliphatic hydroxyl groups is 1. The van der Waals surface area contributed by atoms with E-state index >= 15 is 0 Å². The molecule has 1 atom stereocenters. The van der Waals surface area contributed by atoms with Gasteiger partial charge in [-0.3, -0.25) is 4.79 Å². The number of Topliss-reactive ketones (excluding diaryl/α,β-unsaturated/α-hetero) is 1. The zero-order chi connectivity index (χ0) is 12.1. The zero-order valence-electron chi connectivity index (χ0n) is 10.4. The van der Waals surface area contributed by atoms with Crippen molar-refractivity contribution in [1.82, 2.24) is 0 Å². The molecular weight excluding hydrogens is 219 g/mol. The van der Waals surface area contributed by atoms with Crippen molar-refractivity contribution in [1.29, 1.82) is 0 Å². The minimum atomic E-state index is 0.00848. The van der Waals surface area contributed by atoms with E-state index in [1.54, 1.807) is 0 Å². The van der Waals surface area contributed by atoms with Gasteiger partial charge in [-0.05, 0) is 19.0 Å². The lowest BCUT2D eigenvalue weighted by molar-refractivity contribution is -0.119. The number of carbonyl (C=O) groups excluding carboxylic acids is 1. The number of rotatable bonds is 12. The van der Waals surface area contributed by atoms with Gasteiger partial charge in [0.15, 0.2) is 0 Å². The Bertz CT molecular complexity index is 160. The largest absolute Gasteiger partial charge is 0.396 e. The first kappa shape index (κ1) is 16.1. The number of hydrogen-bond acceptors (Lipinski definition) is 2. The predicted octanol–water partition coefficient (Wildman–Crippen LogP) is 3.32. The molecular formula is C13H27O2P. The molecule has 0 radical (unpaired) electrons. The van der Waals surface area contributed by atoms with Crippen LogP contribution in [-0.2, 0) is 4.79 Å². The average Bonchev–Trinajstić information content (AvgIpc) is 2.27. The number of hydrogen-bond donors (Lipinski definition) is 1. The molecule has 1 unspecified atom stereocenters. The second-order valence-electron chi connectivity index (χ2n) is 4.38. The summed E-state index contributed by atoms with van der Waals surface area (Å²) in [6, 6.07) is 0. The van der Waals surface area contributed by atoms with Crippen molar-refractivity contribution < 1.29 is 9.90 Å². The van der Waals surface area contributed by atoms with E-state index in [1.807, 2.05) is 0 Å². The van der Waals surface area contributed by atoms with Crippen molar-refractivity contribution >= 4 is 15.0 Å². The van der Waals surface area contributed by atoms with Gasteiger partial charge in [0.1, 0.15) is 5.78 Å². The molecule has 0 aliphatic rings. The molecule has 96 valence electrons. The van der Waals surface area contributed by atoms with Gasteiger partial charge in [0, 0.05) is 19.4 Å². The van der Waals surface area contributed by atoms with Gasteiger partial charge in [-0.15, -0.1) is 9.24 Å². The van der Waals surface area contributed by atoms with Crippen LogP contribution in [0.5, 0.6) is 0 Å². The third-order valence-corrected chi connectivity index (χ3v) is 3.21. The van der Waals surface area contributed by atoms with Crippen LogP contribution in [0.4, 0.5) is 0 Å². The van der Waals surface area contributed by atoms with Crippen LogP contribution in [-0.4, -0.2) is 23.7 Å². The van der Waals surface area contributed by atoms with E-state index in [4.69, 9.17) is 5.11 Å². The van der Waals surface area contributed by atoms with Crippen LogP contribution < -0.4 is 0 Å². The number of carbonyl (C=O) groups is 1. The summed E-state index contributed by atoms with van der Waals surface area (Å²) < 4.78 is 0. The van der Waals surface area contributed by atoms with Crippen LogP contribution in [0.3, 0.4) is 0 Å². The fourth-order valence-electron chi connectivity index (χ4n) is 1.78. The third kappa shape index (κ3) is 12.1. The maximum atomic E-state index is 11.1. The molecule has 0 saturated carbocycles. The quantitative estimate of drug-likeness (QED) is 0.423. The highest BCUT2D eigenvalue weighted by atomic mass is 31.0. The molecule has 0 heterocycles. The summed E-state index contributed by atoms with van der Waals surface area (Å²) in [6.45, 7) is 0.00848. The monoisotopic (exact) mass is 246 g/mol. The fourth-order valence-corrected chi connectivity index (χ4v) is 2.07. The highest BCUT2D eigenvalue weighted by Gasteiger charge is 1.99. The normalized spacial score (nSPS) is 10.6. The molecule has 0 fully saturated rings. The van der Waals surface area contributed by atoms with E-state index in [0.717, 1.165) is 6.42 Å². The fraction of sp³-hybridized carbons (Fsp3) is 0.923. The molecule has 0 spiro atoms. The Labute approximate surface area is 102 Å². The van der Waals surface area contributed by atoms with Gasteiger partial charge in [-0.1, -0.05) is 38.5 Å². The lowest BCUT2D eigenvalue weighted by atomic mass is 10.1. The van der Waals surface area contributed by atoms with Crippen molar-refractivity contribution in [2.75, 3.05) is 12.8 Å². The second-order valence-corrected chi connectivity index (χ2v) is 4.96. The van der Waals surface area contributed by atoms with E-state index in [9.17, 15) is 4.79 Å². The first-order valence-corrected chi connectivity index (χ1v) is 7.45. The SMILES string of the molecule is O=C(CCO)CCCCCCCCCCP. The summed E-state index contributed by atoms with van der Waals surface area (Å²) in [6.07, 6.45) is 12.4. The molecule has 0 aromatic rings. The van der Waals surface area contributed by atoms with Crippen molar-refractivity contribution in [3.63, 3.8) is 0 Å². The maximum absolute atomic E-state index is 11.1. The Morgan fingerprint density at radius 3 is 1.81 bits per heavy atom. The summed E-state index contributed by atoms with van der Waals surface area (Å²) in [4.78, 5) is 11.1. The van der Waals surface area contributed by atoms with E-state index in [1.165, 1.54) is 51.1 Å². The molecule has 0 rings (SSSR count). The van der Waals surface area contributed by atoms with E-state index in [-0.39, 0.29) is 12.4 Å². The summed E-state index contributed by atoms with van der Waals surface area (Å²) in [5.74, 6) is 0.211. The van der Waals surface area contributed by atoms with Gasteiger partial charge in [0.05, 0.1) is 0 Å². The molecule has 0 bridgehead atoms. The lowest BCUT2D eigenvalue weighted by Gasteiger charge is -2.01. The Kier molecular flexibility index (Phi) is 13.2. The molecule has 0 aliphatic heterocycles. The Morgan fingerprint density at radius 2 is 1.31 bits per heavy atom. The minimum Gasteiger partial charge on any atom is -0.396 e. The Hall–Kier alpha value is 0.0600. The minimum absolute atomic E-state index is 0.00848. The van der Waals surface area contributed by atoms with Gasteiger partial charge in [-0.2, -0.15) is 0 Å². The molecule has 0 saturated heterocycles. The zero-order valence-corrected chi connectivity index (χ0v) is 11.6. The molecule has 2 nitrogen and oxygen atoms in total. The van der Waals surface area contributed by atoms with Crippen molar-refractivity contribution in [3.8, 4) is 0 Å². The number of ketones is 1. The molecule has 0 amide bonds. The summed E-state index contributed by atoms with van der Waals surface area (Å²) in [7, 11) is 2.77. The number of unbranched alkanes of at least 4 members (excludes halogenated alkanes) is 7. The van der Waals surface area contributed by atoms with Gasteiger partial charge in [0.25, 0.3) is 0 Å². The lowest BCUT2D eigenvalue weighted by Crippen LogP contribution is -2.00. The molecule has 16 heavy (non-hydrogen) atoms. The molecule has 0 aromatic carbocycles. The van der Waals surface area contributed by atoms with Crippen molar-refractivity contribution in [2.24, 2.45) is 0 Å². The Morgan fingerprint density at radius 1 is 0.812 bits per heavy atom. The van der Waals surface area contributed by atoms with Crippen LogP contribution in [0.2, 0.25) is 0 Å². The molecule has 0 aliphatic carbocycles. The topological polar surface area (TPSA) is 37.3 Å². The van der Waals surface area contributed by atoms with Gasteiger partial charge < -0.3 is 5.11 Å². The van der Waals surface area contributed by atoms with E-state index < -0.39 is 0 Å². The standard InChI is InChI=1S/C13H27O2P/c14-11-10-13(15)9-7-5-3-1-2-4-6-8-12-16/h14H,1-12,16H2. The third-order valence-electron chi connectivity index (χ3n) is 2.80. The first-order valence-electron chi connectivity index (χ1n) is 6.64. The molecule has 1 N–H and O–H groups in total. The van der Waals surface area contributed by atoms with Crippen LogP contribution in [0.1, 0.15) is 64.2 Å². The summed E-state index contributed by atoms with van der Waals surface area (Å²) in [5, 5.41) is 8.56. The average molecular weight is 246 g/mol. The van der Waals surface area contributed by atoms with E-state index in [2.05, 4.69) is 9.24 Å². The first-order chi connectivity index (χ1) is 7.81. The maximum Gasteiger partial charge on any atom is 0.135 e.